The highest BCUT2D eigenvalue weighted by molar-refractivity contribution is 7.17. The lowest BCUT2D eigenvalue weighted by Crippen LogP contribution is -1.74. The van der Waals surface area contributed by atoms with E-state index in [4.69, 9.17) is 11.6 Å². The fourth-order valence-electron chi connectivity index (χ4n) is 0.762. The molecule has 0 bridgehead atoms. The molecular weight excluding hydrogens is 168 g/mol. The number of hydrogen-bond acceptors (Lipinski definition) is 3. The van der Waals surface area contributed by atoms with Gasteiger partial charge in [0, 0.05) is 10.8 Å². The van der Waals surface area contributed by atoms with Crippen molar-refractivity contribution in [2.75, 3.05) is 0 Å². The second kappa shape index (κ2) is 2.18. The Kier molecular flexibility index (Phi) is 1.32. The second-order valence-corrected chi connectivity index (χ2v) is 3.17. The van der Waals surface area contributed by atoms with Gasteiger partial charge < -0.3 is 0 Å². The maximum atomic E-state index is 5.82. The van der Waals surface area contributed by atoms with Gasteiger partial charge >= 0.3 is 0 Å². The van der Waals surface area contributed by atoms with Gasteiger partial charge in [0.15, 0.2) is 0 Å². The minimum atomic E-state index is 0.759. The fourth-order valence-corrected chi connectivity index (χ4v) is 1.86. The number of nitrogens with zero attached hydrogens (tertiary/aromatic N) is 2. The van der Waals surface area contributed by atoms with E-state index in [0.717, 1.165) is 15.1 Å². The van der Waals surface area contributed by atoms with Crippen LogP contribution in [-0.4, -0.2) is 10.2 Å². The maximum Gasteiger partial charge on any atom is 0.0675 e. The Morgan fingerprint density at radius 2 is 2.10 bits per heavy atom. The van der Waals surface area contributed by atoms with Crippen molar-refractivity contribution < 1.29 is 0 Å². The number of aromatic nitrogens is 2. The lowest BCUT2D eigenvalue weighted by Gasteiger charge is -1.83. The summed E-state index contributed by atoms with van der Waals surface area (Å²) in [5.74, 6) is 0. The Morgan fingerprint density at radius 1 is 1.30 bits per heavy atom. The Labute approximate surface area is 66.5 Å². The molecule has 0 unspecified atom stereocenters. The van der Waals surface area contributed by atoms with Crippen molar-refractivity contribution in [2.24, 2.45) is 0 Å². The average molecular weight is 171 g/mol. The van der Waals surface area contributed by atoms with Crippen LogP contribution in [0.3, 0.4) is 0 Å². The van der Waals surface area contributed by atoms with E-state index in [9.17, 15) is 0 Å². The van der Waals surface area contributed by atoms with E-state index < -0.39 is 0 Å². The molecule has 0 amide bonds. The van der Waals surface area contributed by atoms with Crippen LogP contribution in [0.4, 0.5) is 0 Å². The summed E-state index contributed by atoms with van der Waals surface area (Å²) >= 11 is 7.39. The Morgan fingerprint density at radius 3 is 2.90 bits per heavy atom. The molecule has 50 valence electrons. The van der Waals surface area contributed by atoms with Gasteiger partial charge in [-0.1, -0.05) is 11.6 Å². The van der Waals surface area contributed by atoms with E-state index >= 15 is 0 Å². The number of halogens is 1. The van der Waals surface area contributed by atoms with E-state index in [1.807, 2.05) is 5.38 Å². The average Bonchev–Trinajstić information content (AvgIpc) is 2.34. The number of hydrogen-bond donors (Lipinski definition) is 0. The zero-order valence-electron chi connectivity index (χ0n) is 4.91. The molecule has 0 radical (unpaired) electrons. The van der Waals surface area contributed by atoms with Gasteiger partial charge in [0.1, 0.15) is 0 Å². The second-order valence-electron chi connectivity index (χ2n) is 1.85. The largest absolute Gasteiger partial charge is 0.158 e. The molecule has 10 heavy (non-hydrogen) atoms. The topological polar surface area (TPSA) is 25.8 Å². The quantitative estimate of drug-likeness (QED) is 0.607. The summed E-state index contributed by atoms with van der Waals surface area (Å²) in [6, 6.07) is 0. The number of fused-ring (bicyclic) bond motifs is 1. The molecule has 0 aromatic carbocycles. The highest BCUT2D eigenvalue weighted by Gasteiger charge is 1.99. The molecule has 0 N–H and O–H groups in total. The van der Waals surface area contributed by atoms with Crippen LogP contribution in [-0.2, 0) is 0 Å². The van der Waals surface area contributed by atoms with E-state index in [1.165, 1.54) is 0 Å². The van der Waals surface area contributed by atoms with Crippen LogP contribution < -0.4 is 0 Å². The normalized spacial score (nSPS) is 10.5. The molecule has 0 spiro atoms. The van der Waals surface area contributed by atoms with Gasteiger partial charge in [-0.05, 0) is 0 Å². The molecule has 0 aliphatic heterocycles. The van der Waals surface area contributed by atoms with Gasteiger partial charge in [0.25, 0.3) is 0 Å². The first-order valence-corrected chi connectivity index (χ1v) is 3.97. The standard InChI is InChI=1S/C6H3ClN2S/c7-5-3-10-6-2-9-8-1-4(5)6/h1-3H. The number of rotatable bonds is 0. The van der Waals surface area contributed by atoms with E-state index in [2.05, 4.69) is 10.2 Å². The van der Waals surface area contributed by atoms with Gasteiger partial charge in [-0.3, -0.25) is 0 Å². The zero-order valence-corrected chi connectivity index (χ0v) is 6.49. The van der Waals surface area contributed by atoms with Gasteiger partial charge in [0.05, 0.1) is 22.1 Å². The molecule has 0 aliphatic carbocycles. The van der Waals surface area contributed by atoms with Gasteiger partial charge in [-0.2, -0.15) is 10.2 Å². The van der Waals surface area contributed by atoms with Crippen LogP contribution in [0.1, 0.15) is 0 Å². The van der Waals surface area contributed by atoms with Crippen molar-refractivity contribution >= 4 is 33.0 Å². The highest BCUT2D eigenvalue weighted by atomic mass is 35.5. The predicted octanol–water partition coefficient (Wildman–Crippen LogP) is 2.34. The Hall–Kier alpha value is -0.670. The first-order valence-electron chi connectivity index (χ1n) is 2.71. The third-order valence-corrected chi connectivity index (χ3v) is 2.62. The Balaban J connectivity index is 2.93. The summed E-state index contributed by atoms with van der Waals surface area (Å²) in [6.45, 7) is 0. The summed E-state index contributed by atoms with van der Waals surface area (Å²) in [6.07, 6.45) is 3.39. The molecule has 0 fully saturated rings. The van der Waals surface area contributed by atoms with Gasteiger partial charge in [0.2, 0.25) is 0 Å². The minimum Gasteiger partial charge on any atom is -0.158 e. The van der Waals surface area contributed by atoms with Crippen molar-refractivity contribution in [3.05, 3.63) is 22.8 Å². The summed E-state index contributed by atoms with van der Waals surface area (Å²) in [4.78, 5) is 0. The SMILES string of the molecule is Clc1csc2cnncc12. The third kappa shape index (κ3) is 0.786. The summed E-state index contributed by atoms with van der Waals surface area (Å²) in [5, 5.41) is 11.1. The van der Waals surface area contributed by atoms with E-state index in [0.29, 0.717) is 0 Å². The van der Waals surface area contributed by atoms with Crippen molar-refractivity contribution in [3.63, 3.8) is 0 Å². The zero-order chi connectivity index (χ0) is 6.97. The number of thiophene rings is 1. The van der Waals surface area contributed by atoms with Crippen LogP contribution in [0.25, 0.3) is 10.1 Å². The molecule has 0 saturated carbocycles. The molecule has 2 rings (SSSR count). The molecule has 2 nitrogen and oxygen atoms in total. The molecule has 4 heteroatoms. The summed E-state index contributed by atoms with van der Waals surface area (Å²) in [7, 11) is 0. The smallest absolute Gasteiger partial charge is 0.0675 e. The van der Waals surface area contributed by atoms with Gasteiger partial charge in [-0.15, -0.1) is 11.3 Å². The Bertz CT molecular complexity index is 357. The van der Waals surface area contributed by atoms with Crippen molar-refractivity contribution in [1.29, 1.82) is 0 Å². The third-order valence-electron chi connectivity index (χ3n) is 1.24. The first kappa shape index (κ1) is 6.07. The van der Waals surface area contributed by atoms with Crippen molar-refractivity contribution in [1.82, 2.24) is 10.2 Å². The van der Waals surface area contributed by atoms with Gasteiger partial charge in [-0.25, -0.2) is 0 Å². The summed E-state index contributed by atoms with van der Waals surface area (Å²) in [5.41, 5.74) is 0. The van der Waals surface area contributed by atoms with Crippen LogP contribution in [0, 0.1) is 0 Å². The maximum absolute atomic E-state index is 5.82. The predicted molar refractivity (Wildman–Crippen MR) is 42.4 cm³/mol. The molecule has 0 saturated heterocycles. The van der Waals surface area contributed by atoms with E-state index in [-0.39, 0.29) is 0 Å². The molecule has 0 aliphatic rings. The molecule has 2 heterocycles. The van der Waals surface area contributed by atoms with Crippen molar-refractivity contribution in [2.45, 2.75) is 0 Å². The van der Waals surface area contributed by atoms with E-state index in [1.54, 1.807) is 23.7 Å². The van der Waals surface area contributed by atoms with Crippen LogP contribution in [0.5, 0.6) is 0 Å². The molecule has 0 atom stereocenters. The minimum absolute atomic E-state index is 0.759. The molecule has 2 aromatic rings. The van der Waals surface area contributed by atoms with Crippen LogP contribution in [0.15, 0.2) is 17.8 Å². The molecule has 2 aromatic heterocycles. The lowest BCUT2D eigenvalue weighted by molar-refractivity contribution is 1.05. The van der Waals surface area contributed by atoms with Crippen LogP contribution >= 0.6 is 22.9 Å². The summed E-state index contributed by atoms with van der Waals surface area (Å²) < 4.78 is 1.08. The lowest BCUT2D eigenvalue weighted by atomic mass is 10.4. The first-order chi connectivity index (χ1) is 4.88. The van der Waals surface area contributed by atoms with Crippen molar-refractivity contribution in [3.8, 4) is 0 Å². The monoisotopic (exact) mass is 170 g/mol. The van der Waals surface area contributed by atoms with Crippen LogP contribution in [0.2, 0.25) is 5.02 Å². The fraction of sp³-hybridized carbons (Fsp3) is 0. The molecular formula is C6H3ClN2S. The highest BCUT2D eigenvalue weighted by Crippen LogP contribution is 2.27.